The minimum Gasteiger partial charge on any atom is -0.494 e. The Morgan fingerprint density at radius 1 is 1.30 bits per heavy atom. The quantitative estimate of drug-likeness (QED) is 0.479. The summed E-state index contributed by atoms with van der Waals surface area (Å²) in [5, 5.41) is 8.76. The molecule has 1 aliphatic heterocycles. The predicted octanol–water partition coefficient (Wildman–Crippen LogP) is 2.85. The van der Waals surface area contributed by atoms with E-state index in [4.69, 9.17) is 9.47 Å². The van der Waals surface area contributed by atoms with Crippen LogP contribution in [-0.4, -0.2) is 38.2 Å². The number of carbonyl (C=O) groups excluding carboxylic acids is 1. The number of ether oxygens (including phenoxy) is 2. The molecule has 2 aromatic rings. The van der Waals surface area contributed by atoms with Crippen LogP contribution in [0.5, 0.6) is 11.5 Å². The zero-order valence-corrected chi connectivity index (χ0v) is 17.4. The summed E-state index contributed by atoms with van der Waals surface area (Å²) < 4.78 is 24.9. The fourth-order valence-corrected chi connectivity index (χ4v) is 3.24. The summed E-state index contributed by atoms with van der Waals surface area (Å²) in [6, 6.07) is 9.76. The molecular formula is C22H27FN4O3. The Morgan fingerprint density at radius 3 is 2.87 bits per heavy atom. The van der Waals surface area contributed by atoms with Crippen molar-refractivity contribution in [3.63, 3.8) is 0 Å². The lowest BCUT2D eigenvalue weighted by Gasteiger charge is -2.15. The molecule has 1 aliphatic rings. The zero-order chi connectivity index (χ0) is 21.5. The summed E-state index contributed by atoms with van der Waals surface area (Å²) in [7, 11) is 1.62. The highest BCUT2D eigenvalue weighted by atomic mass is 19.1. The van der Waals surface area contributed by atoms with Gasteiger partial charge in [-0.15, -0.1) is 0 Å². The van der Waals surface area contributed by atoms with Crippen LogP contribution in [0.1, 0.15) is 25.0 Å². The van der Waals surface area contributed by atoms with Gasteiger partial charge in [0.2, 0.25) is 5.91 Å². The number of benzene rings is 2. The molecule has 0 aliphatic carbocycles. The van der Waals surface area contributed by atoms with Gasteiger partial charge in [-0.25, -0.2) is 4.39 Å². The number of nitrogens with zero attached hydrogens (tertiary/aromatic N) is 1. The van der Waals surface area contributed by atoms with E-state index in [9.17, 15) is 9.18 Å². The maximum Gasteiger partial charge on any atom is 0.243 e. The van der Waals surface area contributed by atoms with Crippen molar-refractivity contribution in [3.8, 4) is 11.5 Å². The van der Waals surface area contributed by atoms with Crippen LogP contribution < -0.4 is 25.4 Å². The Bertz CT molecular complexity index is 933. The molecule has 0 fully saturated rings. The van der Waals surface area contributed by atoms with E-state index in [0.29, 0.717) is 24.8 Å². The third-order valence-electron chi connectivity index (χ3n) is 4.57. The summed E-state index contributed by atoms with van der Waals surface area (Å²) in [5.41, 5.74) is 2.49. The molecule has 7 nitrogen and oxygen atoms in total. The van der Waals surface area contributed by atoms with E-state index in [1.165, 1.54) is 18.2 Å². The van der Waals surface area contributed by atoms with Gasteiger partial charge < -0.3 is 25.4 Å². The smallest absolute Gasteiger partial charge is 0.243 e. The monoisotopic (exact) mass is 414 g/mol. The maximum absolute atomic E-state index is 13.2. The summed E-state index contributed by atoms with van der Waals surface area (Å²) >= 11 is 0. The maximum atomic E-state index is 13.2. The first-order valence-corrected chi connectivity index (χ1v) is 9.93. The lowest BCUT2D eigenvalue weighted by atomic mass is 10.1. The molecule has 0 radical (unpaired) electrons. The van der Waals surface area contributed by atoms with Crippen molar-refractivity contribution in [3.05, 3.63) is 53.3 Å². The van der Waals surface area contributed by atoms with Gasteiger partial charge in [0.15, 0.2) is 5.96 Å². The van der Waals surface area contributed by atoms with Gasteiger partial charge in [0, 0.05) is 36.8 Å². The van der Waals surface area contributed by atoms with Crippen molar-refractivity contribution in [2.24, 2.45) is 4.99 Å². The molecule has 3 rings (SSSR count). The fourth-order valence-electron chi connectivity index (χ4n) is 3.24. The Hall–Kier alpha value is -3.29. The van der Waals surface area contributed by atoms with E-state index in [2.05, 4.69) is 20.9 Å². The number of hydrogen-bond acceptors (Lipinski definition) is 4. The number of guanidine groups is 1. The number of hydrogen-bond donors (Lipinski definition) is 3. The molecule has 0 aromatic heterocycles. The molecule has 1 atom stereocenters. The van der Waals surface area contributed by atoms with Gasteiger partial charge in [-0.1, -0.05) is 6.07 Å². The second-order valence-corrected chi connectivity index (χ2v) is 6.97. The van der Waals surface area contributed by atoms with Crippen LogP contribution in [0.4, 0.5) is 10.1 Å². The molecule has 0 saturated carbocycles. The van der Waals surface area contributed by atoms with E-state index in [-0.39, 0.29) is 18.6 Å². The Labute approximate surface area is 175 Å². The average molecular weight is 414 g/mol. The van der Waals surface area contributed by atoms with Crippen LogP contribution in [0.25, 0.3) is 0 Å². The molecular weight excluding hydrogens is 387 g/mol. The molecule has 0 saturated heterocycles. The Balaban J connectivity index is 1.56. The van der Waals surface area contributed by atoms with Crippen molar-refractivity contribution in [1.82, 2.24) is 10.6 Å². The summed E-state index contributed by atoms with van der Waals surface area (Å²) in [6.07, 6.45) is 1.02. The first kappa shape index (κ1) is 21.4. The Morgan fingerprint density at radius 2 is 2.13 bits per heavy atom. The van der Waals surface area contributed by atoms with Crippen molar-refractivity contribution in [1.29, 1.82) is 0 Å². The third-order valence-corrected chi connectivity index (χ3v) is 4.57. The SMILES string of the molecule is CCOc1cc2c(cc1CNC(=NC)NCC(=O)Nc1cccc(F)c1)OC(C)C2. The lowest BCUT2D eigenvalue weighted by Crippen LogP contribution is -2.41. The summed E-state index contributed by atoms with van der Waals surface area (Å²) in [5.74, 6) is 1.43. The van der Waals surface area contributed by atoms with Crippen molar-refractivity contribution in [2.75, 3.05) is 25.5 Å². The number of aliphatic imine (C=N–C) groups is 1. The molecule has 1 amide bonds. The van der Waals surface area contributed by atoms with E-state index in [1.54, 1.807) is 13.1 Å². The summed E-state index contributed by atoms with van der Waals surface area (Å²) in [6.45, 7) is 4.99. The zero-order valence-electron chi connectivity index (χ0n) is 17.4. The number of amides is 1. The first-order chi connectivity index (χ1) is 14.5. The van der Waals surface area contributed by atoms with Crippen LogP contribution in [-0.2, 0) is 17.8 Å². The standard InChI is InChI=1S/C22H27FN4O3/c1-4-29-19-9-15-8-14(2)30-20(15)10-16(19)12-25-22(24-3)26-13-21(28)27-18-7-5-6-17(23)11-18/h5-7,9-11,14H,4,8,12-13H2,1-3H3,(H,27,28)(H2,24,25,26). The van der Waals surface area contributed by atoms with E-state index in [0.717, 1.165) is 29.0 Å². The largest absolute Gasteiger partial charge is 0.494 e. The first-order valence-electron chi connectivity index (χ1n) is 9.93. The van der Waals surface area contributed by atoms with Gasteiger partial charge in [-0.3, -0.25) is 9.79 Å². The molecule has 0 spiro atoms. The number of anilines is 1. The second-order valence-electron chi connectivity index (χ2n) is 6.97. The van der Waals surface area contributed by atoms with Gasteiger partial charge in [0.25, 0.3) is 0 Å². The van der Waals surface area contributed by atoms with Gasteiger partial charge in [-0.2, -0.15) is 0 Å². The van der Waals surface area contributed by atoms with Crippen LogP contribution in [0.3, 0.4) is 0 Å². The van der Waals surface area contributed by atoms with Crippen LogP contribution in [0.15, 0.2) is 41.4 Å². The van der Waals surface area contributed by atoms with E-state index in [1.807, 2.05) is 26.0 Å². The Kier molecular flexibility index (Phi) is 7.11. The molecule has 1 heterocycles. The fraction of sp³-hybridized carbons (Fsp3) is 0.364. The normalized spacial score (nSPS) is 15.2. The summed E-state index contributed by atoms with van der Waals surface area (Å²) in [4.78, 5) is 16.2. The van der Waals surface area contributed by atoms with Gasteiger partial charge in [-0.05, 0) is 44.2 Å². The number of carbonyl (C=O) groups is 1. The number of halogens is 1. The highest BCUT2D eigenvalue weighted by Gasteiger charge is 2.22. The number of nitrogens with one attached hydrogen (secondary N) is 3. The molecule has 8 heteroatoms. The van der Waals surface area contributed by atoms with Crippen molar-refractivity contribution in [2.45, 2.75) is 32.9 Å². The molecule has 30 heavy (non-hydrogen) atoms. The molecule has 160 valence electrons. The van der Waals surface area contributed by atoms with Gasteiger partial charge in [0.05, 0.1) is 13.2 Å². The highest BCUT2D eigenvalue weighted by Crippen LogP contribution is 2.35. The van der Waals surface area contributed by atoms with Crippen molar-refractivity contribution < 1.29 is 18.7 Å². The minimum atomic E-state index is -0.406. The molecule has 0 bridgehead atoms. The molecule has 3 N–H and O–H groups in total. The molecule has 1 unspecified atom stereocenters. The van der Waals surface area contributed by atoms with E-state index < -0.39 is 5.82 Å². The predicted molar refractivity (Wildman–Crippen MR) is 115 cm³/mol. The van der Waals surface area contributed by atoms with E-state index >= 15 is 0 Å². The molecule has 2 aromatic carbocycles. The minimum absolute atomic E-state index is 0.0146. The van der Waals surface area contributed by atoms with Crippen LogP contribution >= 0.6 is 0 Å². The van der Waals surface area contributed by atoms with Crippen LogP contribution in [0, 0.1) is 5.82 Å². The number of fused-ring (bicyclic) bond motifs is 1. The highest BCUT2D eigenvalue weighted by molar-refractivity contribution is 5.94. The second kappa shape index (κ2) is 9.96. The van der Waals surface area contributed by atoms with Gasteiger partial charge in [0.1, 0.15) is 23.4 Å². The topological polar surface area (TPSA) is 84.0 Å². The third kappa shape index (κ3) is 5.62. The van der Waals surface area contributed by atoms with Crippen LogP contribution in [0.2, 0.25) is 0 Å². The lowest BCUT2D eigenvalue weighted by molar-refractivity contribution is -0.115. The van der Waals surface area contributed by atoms with Gasteiger partial charge >= 0.3 is 0 Å². The van der Waals surface area contributed by atoms with Crippen molar-refractivity contribution >= 4 is 17.6 Å². The average Bonchev–Trinajstić information content (AvgIpc) is 3.07. The number of rotatable bonds is 7.